The first-order valence-electron chi connectivity index (χ1n) is 5.21. The second-order valence-electron chi connectivity index (χ2n) is 3.62. The Morgan fingerprint density at radius 1 is 1.44 bits per heavy atom. The fourth-order valence-electron chi connectivity index (χ4n) is 1.49. The van der Waals surface area contributed by atoms with Crippen LogP contribution in [0.5, 0.6) is 0 Å². The Bertz CT molecular complexity index is 613. The number of rotatable bonds is 3. The van der Waals surface area contributed by atoms with E-state index < -0.39 is 0 Å². The van der Waals surface area contributed by atoms with Gasteiger partial charge in [0.2, 0.25) is 0 Å². The van der Waals surface area contributed by atoms with Gasteiger partial charge in [0.15, 0.2) is 5.76 Å². The molecule has 0 radical (unpaired) electrons. The van der Waals surface area contributed by atoms with Gasteiger partial charge in [-0.2, -0.15) is 0 Å². The molecule has 6 heteroatoms. The third kappa shape index (κ3) is 2.50. The number of carbonyl (C=O) groups is 1. The lowest BCUT2D eigenvalue weighted by molar-refractivity contribution is 0.0996. The van der Waals surface area contributed by atoms with Crippen molar-refractivity contribution in [2.24, 2.45) is 5.11 Å². The summed E-state index contributed by atoms with van der Waals surface area (Å²) in [6, 6.07) is 8.23. The van der Waals surface area contributed by atoms with Gasteiger partial charge in [-0.25, -0.2) is 0 Å². The zero-order valence-electron chi connectivity index (χ0n) is 9.62. The summed E-state index contributed by atoms with van der Waals surface area (Å²) in [5.74, 6) is -0.0758. The number of carbonyl (C=O) groups excluding carboxylic acids is 1. The quantitative estimate of drug-likeness (QED) is 0.504. The van der Waals surface area contributed by atoms with Gasteiger partial charge in [-0.05, 0) is 42.3 Å². The second kappa shape index (κ2) is 5.07. The predicted molar refractivity (Wildman–Crippen MR) is 66.6 cm³/mol. The zero-order valence-corrected chi connectivity index (χ0v) is 9.62. The van der Waals surface area contributed by atoms with Crippen molar-refractivity contribution in [2.45, 2.75) is 6.92 Å². The Kier molecular flexibility index (Phi) is 3.31. The highest BCUT2D eigenvalue weighted by atomic mass is 16.3. The van der Waals surface area contributed by atoms with Crippen LogP contribution in [0.4, 0.5) is 11.4 Å². The summed E-state index contributed by atoms with van der Waals surface area (Å²) in [5, 5.41) is 6.20. The summed E-state index contributed by atoms with van der Waals surface area (Å²) in [7, 11) is 0. The standard InChI is InChI=1S/C12H10N4O2/c1-8-7-9(15-16-13)4-5-10(8)14-12(17)11-3-2-6-18-11/h2-7H,1H3,(H,14,17). The van der Waals surface area contributed by atoms with Crippen molar-refractivity contribution in [1.82, 2.24) is 0 Å². The molecule has 90 valence electrons. The zero-order chi connectivity index (χ0) is 13.0. The Morgan fingerprint density at radius 3 is 2.89 bits per heavy atom. The fraction of sp³-hybridized carbons (Fsp3) is 0.0833. The van der Waals surface area contributed by atoms with Crippen LogP contribution in [-0.2, 0) is 0 Å². The van der Waals surface area contributed by atoms with Gasteiger partial charge in [-0.3, -0.25) is 4.79 Å². The van der Waals surface area contributed by atoms with E-state index in [0.29, 0.717) is 11.4 Å². The lowest BCUT2D eigenvalue weighted by Gasteiger charge is -2.07. The molecule has 2 rings (SSSR count). The highest BCUT2D eigenvalue weighted by Crippen LogP contribution is 2.22. The smallest absolute Gasteiger partial charge is 0.291 e. The first-order valence-corrected chi connectivity index (χ1v) is 5.21. The molecule has 1 N–H and O–H groups in total. The van der Waals surface area contributed by atoms with E-state index in [1.54, 1.807) is 30.3 Å². The molecule has 0 fully saturated rings. The maximum atomic E-state index is 11.8. The van der Waals surface area contributed by atoms with Gasteiger partial charge in [0, 0.05) is 16.3 Å². The molecule has 0 aliphatic rings. The number of aryl methyl sites for hydroxylation is 1. The molecule has 18 heavy (non-hydrogen) atoms. The number of hydrogen-bond donors (Lipinski definition) is 1. The van der Waals surface area contributed by atoms with Gasteiger partial charge in [-0.1, -0.05) is 11.2 Å². The molecule has 1 aromatic carbocycles. The van der Waals surface area contributed by atoms with Crippen LogP contribution in [0.15, 0.2) is 46.1 Å². The molecule has 2 aromatic rings. The molecule has 1 amide bonds. The van der Waals surface area contributed by atoms with Gasteiger partial charge < -0.3 is 9.73 Å². The molecule has 0 saturated carbocycles. The molecule has 0 atom stereocenters. The lowest BCUT2D eigenvalue weighted by Crippen LogP contribution is -2.11. The second-order valence-corrected chi connectivity index (χ2v) is 3.62. The summed E-state index contributed by atoms with van der Waals surface area (Å²) < 4.78 is 4.99. The maximum Gasteiger partial charge on any atom is 0.291 e. The van der Waals surface area contributed by atoms with Crippen LogP contribution in [0.1, 0.15) is 16.1 Å². The molecule has 0 aliphatic carbocycles. The van der Waals surface area contributed by atoms with E-state index in [1.807, 2.05) is 6.92 Å². The van der Waals surface area contributed by atoms with Crippen LogP contribution in [0, 0.1) is 6.92 Å². The topological polar surface area (TPSA) is 91.0 Å². The fourth-order valence-corrected chi connectivity index (χ4v) is 1.49. The first kappa shape index (κ1) is 11.8. The highest BCUT2D eigenvalue weighted by Gasteiger charge is 2.09. The summed E-state index contributed by atoms with van der Waals surface area (Å²) >= 11 is 0. The van der Waals surface area contributed by atoms with Gasteiger partial charge in [0.1, 0.15) is 0 Å². The molecule has 0 bridgehead atoms. The third-order valence-corrected chi connectivity index (χ3v) is 2.36. The number of amides is 1. The van der Waals surface area contributed by atoms with E-state index in [2.05, 4.69) is 15.3 Å². The Hall–Kier alpha value is -2.72. The van der Waals surface area contributed by atoms with Crippen LogP contribution >= 0.6 is 0 Å². The molecule has 0 spiro atoms. The van der Waals surface area contributed by atoms with Crippen molar-refractivity contribution in [3.63, 3.8) is 0 Å². The van der Waals surface area contributed by atoms with Crippen LogP contribution in [0.2, 0.25) is 0 Å². The first-order chi connectivity index (χ1) is 8.70. The predicted octanol–water partition coefficient (Wildman–Crippen LogP) is 3.78. The third-order valence-electron chi connectivity index (χ3n) is 2.36. The van der Waals surface area contributed by atoms with Gasteiger partial charge in [0.05, 0.1) is 6.26 Å². The van der Waals surface area contributed by atoms with Crippen LogP contribution < -0.4 is 5.32 Å². The van der Waals surface area contributed by atoms with E-state index >= 15 is 0 Å². The van der Waals surface area contributed by atoms with E-state index in [9.17, 15) is 4.79 Å². The van der Waals surface area contributed by atoms with Crippen LogP contribution in [0.25, 0.3) is 10.4 Å². The Labute approximate surface area is 103 Å². The molecule has 1 heterocycles. The molecular weight excluding hydrogens is 232 g/mol. The number of benzene rings is 1. The Balaban J connectivity index is 2.20. The summed E-state index contributed by atoms with van der Waals surface area (Å²) in [6.07, 6.45) is 1.44. The normalized spacial score (nSPS) is 9.61. The molecular formula is C12H10N4O2. The van der Waals surface area contributed by atoms with E-state index in [4.69, 9.17) is 9.95 Å². The van der Waals surface area contributed by atoms with Crippen molar-refractivity contribution in [3.05, 3.63) is 58.4 Å². The highest BCUT2D eigenvalue weighted by molar-refractivity contribution is 6.02. The van der Waals surface area contributed by atoms with Crippen LogP contribution in [-0.4, -0.2) is 5.91 Å². The maximum absolute atomic E-state index is 11.8. The van der Waals surface area contributed by atoms with Crippen molar-refractivity contribution < 1.29 is 9.21 Å². The SMILES string of the molecule is Cc1cc(N=[N+]=[N-])ccc1NC(=O)c1ccco1. The van der Waals surface area contributed by atoms with Gasteiger partial charge in [0.25, 0.3) is 5.91 Å². The molecule has 0 aliphatic heterocycles. The van der Waals surface area contributed by atoms with E-state index in [1.165, 1.54) is 6.26 Å². The monoisotopic (exact) mass is 242 g/mol. The molecule has 0 unspecified atom stereocenters. The number of nitrogens with zero attached hydrogens (tertiary/aromatic N) is 3. The largest absolute Gasteiger partial charge is 0.459 e. The molecule has 6 nitrogen and oxygen atoms in total. The summed E-state index contributed by atoms with van der Waals surface area (Å²) in [6.45, 7) is 1.81. The minimum Gasteiger partial charge on any atom is -0.459 e. The van der Waals surface area contributed by atoms with Crippen molar-refractivity contribution in [3.8, 4) is 0 Å². The Morgan fingerprint density at radius 2 is 2.28 bits per heavy atom. The van der Waals surface area contributed by atoms with Gasteiger partial charge in [-0.15, -0.1) is 0 Å². The summed E-state index contributed by atoms with van der Waals surface area (Å²) in [5.41, 5.74) is 10.3. The van der Waals surface area contributed by atoms with E-state index in [0.717, 1.165) is 5.56 Å². The van der Waals surface area contributed by atoms with Crippen molar-refractivity contribution in [1.29, 1.82) is 0 Å². The molecule has 0 saturated heterocycles. The number of azide groups is 1. The minimum absolute atomic E-state index is 0.244. The number of anilines is 1. The average Bonchev–Trinajstić information content (AvgIpc) is 2.86. The van der Waals surface area contributed by atoms with E-state index in [-0.39, 0.29) is 11.7 Å². The minimum atomic E-state index is -0.320. The number of nitrogens with one attached hydrogen (secondary N) is 1. The van der Waals surface area contributed by atoms with Gasteiger partial charge >= 0.3 is 0 Å². The summed E-state index contributed by atoms with van der Waals surface area (Å²) in [4.78, 5) is 14.5. The lowest BCUT2D eigenvalue weighted by atomic mass is 10.2. The number of furan rings is 1. The van der Waals surface area contributed by atoms with Crippen LogP contribution in [0.3, 0.4) is 0 Å². The van der Waals surface area contributed by atoms with Crippen molar-refractivity contribution >= 4 is 17.3 Å². The average molecular weight is 242 g/mol. The number of hydrogen-bond acceptors (Lipinski definition) is 3. The van der Waals surface area contributed by atoms with Crippen molar-refractivity contribution in [2.75, 3.05) is 5.32 Å². The molecule has 1 aromatic heterocycles.